The predicted molar refractivity (Wildman–Crippen MR) is 110 cm³/mol. The summed E-state index contributed by atoms with van der Waals surface area (Å²) in [4.78, 5) is 13.2. The van der Waals surface area contributed by atoms with Gasteiger partial charge in [0.05, 0.1) is 10.6 Å². The molecule has 1 N–H and O–H groups in total. The molecule has 1 heterocycles. The standard InChI is InChI=1S/C19H17ClN2O3S2/c1-13-8-9-14(12-16(13)20)21-19(23)18-17(10-11-26-18)22(2)27(24,25)15-6-4-3-5-7-15/h3-12H,1-2H3,(H,21,23). The van der Waals surface area contributed by atoms with Crippen LogP contribution in [-0.2, 0) is 10.0 Å². The number of halogens is 1. The number of thiophene rings is 1. The van der Waals surface area contributed by atoms with E-state index in [1.165, 1.54) is 30.5 Å². The van der Waals surface area contributed by atoms with Gasteiger partial charge < -0.3 is 5.32 Å². The van der Waals surface area contributed by atoms with E-state index in [1.807, 2.05) is 6.92 Å². The van der Waals surface area contributed by atoms with Gasteiger partial charge in [-0.2, -0.15) is 0 Å². The van der Waals surface area contributed by atoms with E-state index in [1.54, 1.807) is 47.8 Å². The van der Waals surface area contributed by atoms with Gasteiger partial charge in [0.25, 0.3) is 15.9 Å². The molecule has 0 aliphatic heterocycles. The highest BCUT2D eigenvalue weighted by Gasteiger charge is 2.26. The van der Waals surface area contributed by atoms with Crippen LogP contribution in [0.3, 0.4) is 0 Å². The smallest absolute Gasteiger partial charge is 0.267 e. The number of amides is 1. The SMILES string of the molecule is Cc1ccc(NC(=O)c2sccc2N(C)S(=O)(=O)c2ccccc2)cc1Cl. The number of nitrogens with zero attached hydrogens (tertiary/aromatic N) is 1. The molecule has 0 aliphatic rings. The Morgan fingerprint density at radius 3 is 2.48 bits per heavy atom. The van der Waals surface area contributed by atoms with Crippen LogP contribution in [0.1, 0.15) is 15.2 Å². The fraction of sp³-hybridized carbons (Fsp3) is 0.105. The molecule has 2 aromatic carbocycles. The van der Waals surface area contributed by atoms with Gasteiger partial charge >= 0.3 is 0 Å². The summed E-state index contributed by atoms with van der Waals surface area (Å²) in [7, 11) is -2.33. The lowest BCUT2D eigenvalue weighted by atomic mass is 10.2. The van der Waals surface area contributed by atoms with E-state index in [0.717, 1.165) is 9.87 Å². The number of nitrogens with one attached hydrogen (secondary N) is 1. The Balaban J connectivity index is 1.89. The molecule has 8 heteroatoms. The van der Waals surface area contributed by atoms with Crippen molar-refractivity contribution in [2.24, 2.45) is 0 Å². The van der Waals surface area contributed by atoms with Crippen molar-refractivity contribution < 1.29 is 13.2 Å². The van der Waals surface area contributed by atoms with Crippen LogP contribution in [-0.4, -0.2) is 21.4 Å². The molecule has 3 aromatic rings. The van der Waals surface area contributed by atoms with E-state index in [-0.39, 0.29) is 4.90 Å². The molecule has 1 amide bonds. The van der Waals surface area contributed by atoms with Crippen molar-refractivity contribution in [3.8, 4) is 0 Å². The molecule has 0 saturated carbocycles. The Bertz CT molecular complexity index is 1080. The minimum Gasteiger partial charge on any atom is -0.321 e. The third-order valence-electron chi connectivity index (χ3n) is 4.02. The molecule has 0 atom stereocenters. The topological polar surface area (TPSA) is 66.5 Å². The lowest BCUT2D eigenvalue weighted by Gasteiger charge is -2.19. The summed E-state index contributed by atoms with van der Waals surface area (Å²) in [5.41, 5.74) is 1.77. The van der Waals surface area contributed by atoms with Gasteiger partial charge in [0.2, 0.25) is 0 Å². The number of carbonyl (C=O) groups excluding carboxylic acids is 1. The molecule has 140 valence electrons. The van der Waals surface area contributed by atoms with E-state index < -0.39 is 15.9 Å². The molecule has 0 unspecified atom stereocenters. The summed E-state index contributed by atoms with van der Waals surface area (Å²) in [6, 6.07) is 14.9. The minimum atomic E-state index is -3.76. The second-order valence-electron chi connectivity index (χ2n) is 5.84. The van der Waals surface area contributed by atoms with Crippen molar-refractivity contribution in [1.82, 2.24) is 0 Å². The number of sulfonamides is 1. The zero-order chi connectivity index (χ0) is 19.6. The lowest BCUT2D eigenvalue weighted by molar-refractivity contribution is 0.103. The van der Waals surface area contributed by atoms with Crippen LogP contribution in [0.2, 0.25) is 5.02 Å². The maximum atomic E-state index is 12.8. The van der Waals surface area contributed by atoms with Crippen LogP contribution >= 0.6 is 22.9 Å². The van der Waals surface area contributed by atoms with Crippen LogP contribution in [0.5, 0.6) is 0 Å². The zero-order valence-corrected chi connectivity index (χ0v) is 17.0. The third kappa shape index (κ3) is 4.00. The quantitative estimate of drug-likeness (QED) is 0.645. The van der Waals surface area contributed by atoms with Gasteiger partial charge in [-0.1, -0.05) is 35.9 Å². The average Bonchev–Trinajstić information content (AvgIpc) is 3.14. The van der Waals surface area contributed by atoms with Gasteiger partial charge in [-0.05, 0) is 48.2 Å². The molecule has 1 aromatic heterocycles. The van der Waals surface area contributed by atoms with Crippen molar-refractivity contribution in [2.75, 3.05) is 16.7 Å². The Morgan fingerprint density at radius 1 is 1.11 bits per heavy atom. The van der Waals surface area contributed by atoms with Crippen LogP contribution in [0.4, 0.5) is 11.4 Å². The van der Waals surface area contributed by atoms with Crippen molar-refractivity contribution in [3.05, 3.63) is 75.4 Å². The molecule has 0 spiro atoms. The molecule has 0 saturated heterocycles. The largest absolute Gasteiger partial charge is 0.321 e. The van der Waals surface area contributed by atoms with Crippen molar-refractivity contribution in [1.29, 1.82) is 0 Å². The first kappa shape index (κ1) is 19.4. The first-order chi connectivity index (χ1) is 12.8. The van der Waals surface area contributed by atoms with E-state index in [4.69, 9.17) is 11.6 Å². The van der Waals surface area contributed by atoms with Crippen LogP contribution in [0.15, 0.2) is 64.9 Å². The highest BCUT2D eigenvalue weighted by Crippen LogP contribution is 2.31. The fourth-order valence-electron chi connectivity index (χ4n) is 2.46. The second kappa shape index (κ2) is 7.72. The van der Waals surface area contributed by atoms with Crippen molar-refractivity contribution in [3.63, 3.8) is 0 Å². The molecule has 5 nitrogen and oxygen atoms in total. The van der Waals surface area contributed by atoms with E-state index in [2.05, 4.69) is 5.32 Å². The zero-order valence-electron chi connectivity index (χ0n) is 14.6. The summed E-state index contributed by atoms with van der Waals surface area (Å²) >= 11 is 7.27. The predicted octanol–water partition coefficient (Wildman–Crippen LogP) is 4.79. The first-order valence-corrected chi connectivity index (χ1v) is 10.7. The summed E-state index contributed by atoms with van der Waals surface area (Å²) in [6.45, 7) is 1.87. The number of hydrogen-bond acceptors (Lipinski definition) is 4. The summed E-state index contributed by atoms with van der Waals surface area (Å²) in [5, 5.41) is 4.99. The number of carbonyl (C=O) groups is 1. The van der Waals surface area contributed by atoms with Gasteiger partial charge in [0, 0.05) is 17.8 Å². The van der Waals surface area contributed by atoms with Crippen LogP contribution in [0.25, 0.3) is 0 Å². The van der Waals surface area contributed by atoms with Crippen LogP contribution < -0.4 is 9.62 Å². The number of aryl methyl sites for hydroxylation is 1. The summed E-state index contributed by atoms with van der Waals surface area (Å²) in [6.07, 6.45) is 0. The molecule has 0 aliphatic carbocycles. The van der Waals surface area contributed by atoms with E-state index >= 15 is 0 Å². The van der Waals surface area contributed by atoms with Crippen LogP contribution in [0, 0.1) is 6.92 Å². The molecule has 0 bridgehead atoms. The van der Waals surface area contributed by atoms with Gasteiger partial charge in [-0.3, -0.25) is 9.10 Å². The molecule has 0 radical (unpaired) electrons. The minimum absolute atomic E-state index is 0.162. The molecule has 0 fully saturated rings. The van der Waals surface area contributed by atoms with Gasteiger partial charge in [0.1, 0.15) is 4.88 Å². The molecular formula is C19H17ClN2O3S2. The second-order valence-corrected chi connectivity index (χ2v) is 9.13. The van der Waals surface area contributed by atoms with Gasteiger partial charge in [-0.15, -0.1) is 11.3 Å². The Kier molecular flexibility index (Phi) is 5.55. The Labute approximate surface area is 167 Å². The Morgan fingerprint density at radius 2 is 1.81 bits per heavy atom. The molecular weight excluding hydrogens is 404 g/mol. The number of hydrogen-bond donors (Lipinski definition) is 1. The Hall–Kier alpha value is -2.35. The first-order valence-electron chi connectivity index (χ1n) is 7.99. The maximum Gasteiger partial charge on any atom is 0.267 e. The third-order valence-corrected chi connectivity index (χ3v) is 7.12. The van der Waals surface area contributed by atoms with Gasteiger partial charge in [-0.25, -0.2) is 8.42 Å². The van der Waals surface area contributed by atoms with Crippen molar-refractivity contribution >= 4 is 50.2 Å². The van der Waals surface area contributed by atoms with E-state index in [0.29, 0.717) is 21.3 Å². The van der Waals surface area contributed by atoms with Crippen molar-refractivity contribution in [2.45, 2.75) is 11.8 Å². The molecule has 27 heavy (non-hydrogen) atoms. The monoisotopic (exact) mass is 420 g/mol. The number of rotatable bonds is 5. The van der Waals surface area contributed by atoms with E-state index in [9.17, 15) is 13.2 Å². The number of anilines is 2. The fourth-order valence-corrected chi connectivity index (χ4v) is 4.74. The lowest BCUT2D eigenvalue weighted by Crippen LogP contribution is -2.28. The van der Waals surface area contributed by atoms with Gasteiger partial charge in [0.15, 0.2) is 0 Å². The summed E-state index contributed by atoms with van der Waals surface area (Å²) in [5.74, 6) is -0.393. The highest BCUT2D eigenvalue weighted by atomic mass is 35.5. The molecule has 3 rings (SSSR count). The summed E-state index contributed by atoms with van der Waals surface area (Å²) < 4.78 is 26.8. The highest BCUT2D eigenvalue weighted by molar-refractivity contribution is 7.92. The maximum absolute atomic E-state index is 12.8. The number of benzene rings is 2. The average molecular weight is 421 g/mol. The normalized spacial score (nSPS) is 11.2.